The molecule has 0 radical (unpaired) electrons. The van der Waals surface area contributed by atoms with E-state index in [-0.39, 0.29) is 35.4 Å². The van der Waals surface area contributed by atoms with Gasteiger partial charge in [-0.25, -0.2) is 4.39 Å². The number of rotatable bonds is 5. The van der Waals surface area contributed by atoms with Crippen LogP contribution in [-0.2, 0) is 22.7 Å². The number of carbonyl (C=O) groups excluding carboxylic acids is 3. The van der Waals surface area contributed by atoms with Gasteiger partial charge in [-0.05, 0) is 18.2 Å². The minimum Gasteiger partial charge on any atom is -0.365 e. The van der Waals surface area contributed by atoms with Gasteiger partial charge in [-0.15, -0.1) is 0 Å². The van der Waals surface area contributed by atoms with Crippen LogP contribution in [0.4, 0.5) is 4.39 Å². The van der Waals surface area contributed by atoms with E-state index in [4.69, 9.17) is 17.3 Å². The van der Waals surface area contributed by atoms with Crippen molar-refractivity contribution in [2.45, 2.75) is 33.4 Å². The zero-order valence-electron chi connectivity index (χ0n) is 17.9. The number of nitrogens with two attached hydrogens (primary N) is 1. The van der Waals surface area contributed by atoms with Crippen molar-refractivity contribution in [2.75, 3.05) is 20.6 Å². The second-order valence-electron chi connectivity index (χ2n) is 8.46. The molecule has 1 aromatic carbocycles. The number of halogens is 2. The molecule has 166 valence electrons. The predicted octanol–water partition coefficient (Wildman–Crippen LogP) is 2.29. The summed E-state index contributed by atoms with van der Waals surface area (Å²) in [6, 6.07) is 4.05. The van der Waals surface area contributed by atoms with Crippen LogP contribution in [0.2, 0.25) is 5.02 Å². The number of benzene rings is 1. The molecule has 10 heteroatoms. The molecule has 2 heterocycles. The highest BCUT2D eigenvalue weighted by Gasteiger charge is 2.35. The van der Waals surface area contributed by atoms with Gasteiger partial charge < -0.3 is 15.5 Å². The fourth-order valence-electron chi connectivity index (χ4n) is 3.81. The van der Waals surface area contributed by atoms with Gasteiger partial charge >= 0.3 is 0 Å². The van der Waals surface area contributed by atoms with Crippen molar-refractivity contribution in [3.05, 3.63) is 40.3 Å². The highest BCUT2D eigenvalue weighted by molar-refractivity contribution is 6.31. The lowest BCUT2D eigenvalue weighted by Gasteiger charge is -2.32. The molecule has 31 heavy (non-hydrogen) atoms. The van der Waals surface area contributed by atoms with Gasteiger partial charge in [0.15, 0.2) is 0 Å². The van der Waals surface area contributed by atoms with E-state index in [9.17, 15) is 18.8 Å². The molecular weight excluding hydrogens is 425 g/mol. The Kier molecular flexibility index (Phi) is 6.09. The van der Waals surface area contributed by atoms with Gasteiger partial charge in [0, 0.05) is 32.6 Å². The number of fused-ring (bicyclic) bond motifs is 1. The summed E-state index contributed by atoms with van der Waals surface area (Å²) in [6.07, 6.45) is 0.0322. The zero-order chi connectivity index (χ0) is 23.1. The van der Waals surface area contributed by atoms with Crippen LogP contribution >= 0.6 is 11.6 Å². The second-order valence-corrected chi connectivity index (χ2v) is 8.87. The van der Waals surface area contributed by atoms with Crippen LogP contribution in [0.3, 0.4) is 0 Å². The van der Waals surface area contributed by atoms with Crippen LogP contribution in [0.1, 0.15) is 36.3 Å². The maximum Gasteiger partial charge on any atom is 0.252 e. The molecule has 0 atom stereocenters. The summed E-state index contributed by atoms with van der Waals surface area (Å²) < 4.78 is 15.2. The maximum atomic E-state index is 13.6. The summed E-state index contributed by atoms with van der Waals surface area (Å²) in [5, 5.41) is 4.37. The summed E-state index contributed by atoms with van der Waals surface area (Å²) >= 11 is 5.89. The molecule has 3 amide bonds. The molecule has 0 aliphatic carbocycles. The van der Waals surface area contributed by atoms with Gasteiger partial charge in [0.05, 0.1) is 34.8 Å². The van der Waals surface area contributed by atoms with Crippen molar-refractivity contribution in [2.24, 2.45) is 11.1 Å². The van der Waals surface area contributed by atoms with E-state index in [0.29, 0.717) is 30.0 Å². The lowest BCUT2D eigenvalue weighted by molar-refractivity contribution is -0.145. The van der Waals surface area contributed by atoms with Gasteiger partial charge in [0.1, 0.15) is 11.5 Å². The number of hydrogen-bond donors (Lipinski definition) is 1. The van der Waals surface area contributed by atoms with E-state index in [2.05, 4.69) is 5.10 Å². The van der Waals surface area contributed by atoms with Gasteiger partial charge in [0.25, 0.3) is 5.91 Å². The highest BCUT2D eigenvalue weighted by atomic mass is 35.5. The second kappa shape index (κ2) is 8.30. The van der Waals surface area contributed by atoms with E-state index in [1.165, 1.54) is 23.1 Å². The minimum absolute atomic E-state index is 0.0322. The number of carbonyl (C=O) groups is 3. The van der Waals surface area contributed by atoms with Crippen molar-refractivity contribution < 1.29 is 18.8 Å². The fourth-order valence-corrected chi connectivity index (χ4v) is 3.99. The van der Waals surface area contributed by atoms with Crippen LogP contribution < -0.4 is 5.73 Å². The van der Waals surface area contributed by atoms with Gasteiger partial charge in [0.2, 0.25) is 11.8 Å². The summed E-state index contributed by atoms with van der Waals surface area (Å²) in [7, 11) is 3.30. The van der Waals surface area contributed by atoms with Crippen LogP contribution in [-0.4, -0.2) is 57.9 Å². The molecule has 1 aromatic heterocycles. The van der Waals surface area contributed by atoms with Crippen molar-refractivity contribution in [1.29, 1.82) is 0 Å². The summed E-state index contributed by atoms with van der Waals surface area (Å²) in [5.41, 5.74) is 6.19. The Bertz CT molecular complexity index is 1060. The van der Waals surface area contributed by atoms with E-state index >= 15 is 0 Å². The maximum absolute atomic E-state index is 13.6. The largest absolute Gasteiger partial charge is 0.365 e. The highest BCUT2D eigenvalue weighted by Crippen LogP contribution is 2.31. The summed E-state index contributed by atoms with van der Waals surface area (Å²) in [5.74, 6) is -1.62. The minimum atomic E-state index is -0.860. The average Bonchev–Trinajstić information content (AvgIpc) is 3.07. The lowest BCUT2D eigenvalue weighted by Crippen LogP contribution is -2.44. The third-order valence-electron chi connectivity index (χ3n) is 5.35. The number of amides is 3. The van der Waals surface area contributed by atoms with Crippen LogP contribution in [0.5, 0.6) is 0 Å². The molecule has 8 nitrogen and oxygen atoms in total. The van der Waals surface area contributed by atoms with Gasteiger partial charge in [-0.2, -0.15) is 5.10 Å². The Morgan fingerprint density at radius 2 is 1.94 bits per heavy atom. The lowest BCUT2D eigenvalue weighted by atomic mass is 9.87. The number of aromatic nitrogens is 2. The Balaban J connectivity index is 1.91. The molecular formula is C21H25ClFN5O3. The first kappa shape index (κ1) is 22.7. The molecule has 0 fully saturated rings. The first-order chi connectivity index (χ1) is 14.4. The molecule has 0 bridgehead atoms. The van der Waals surface area contributed by atoms with Crippen molar-refractivity contribution >= 4 is 29.3 Å². The van der Waals surface area contributed by atoms with Crippen molar-refractivity contribution in [1.82, 2.24) is 19.6 Å². The Morgan fingerprint density at radius 3 is 2.52 bits per heavy atom. The molecule has 0 saturated carbocycles. The molecule has 2 N–H and O–H groups in total. The van der Waals surface area contributed by atoms with Crippen molar-refractivity contribution in [3.63, 3.8) is 0 Å². The number of hydrogen-bond acceptors (Lipinski definition) is 4. The zero-order valence-corrected chi connectivity index (χ0v) is 18.7. The molecule has 1 aliphatic rings. The van der Waals surface area contributed by atoms with E-state index in [1.54, 1.807) is 37.5 Å². The first-order valence-corrected chi connectivity index (χ1v) is 10.1. The van der Waals surface area contributed by atoms with Crippen LogP contribution in [0.15, 0.2) is 18.2 Å². The Labute approximate surface area is 184 Å². The molecule has 3 rings (SSSR count). The topological polar surface area (TPSA) is 102 Å². The molecule has 1 aliphatic heterocycles. The standard InChI is InChI=1S/C21H25ClFN5O3/c1-21(2,20(31)26(3)4)10-16(29)27-7-8-28-15(11-27)17(19(24)30)18(25-28)12-5-6-14(23)13(22)9-12/h5-6,9H,7-8,10-11H2,1-4H3,(H2,24,30). The monoisotopic (exact) mass is 449 g/mol. The number of nitrogens with zero attached hydrogens (tertiary/aromatic N) is 4. The summed E-state index contributed by atoms with van der Waals surface area (Å²) in [6.45, 7) is 4.32. The third-order valence-corrected chi connectivity index (χ3v) is 5.64. The SMILES string of the molecule is CN(C)C(=O)C(C)(C)CC(=O)N1CCn2nc(-c3ccc(F)c(Cl)c3)c(C(N)=O)c2C1. The van der Waals surface area contributed by atoms with E-state index < -0.39 is 17.1 Å². The van der Waals surface area contributed by atoms with E-state index in [0.717, 1.165) is 0 Å². The number of primary amides is 1. The normalized spacial score (nSPS) is 13.7. The summed E-state index contributed by atoms with van der Waals surface area (Å²) in [4.78, 5) is 40.6. The predicted molar refractivity (Wildman–Crippen MR) is 114 cm³/mol. The van der Waals surface area contributed by atoms with Crippen LogP contribution in [0.25, 0.3) is 11.3 Å². The molecule has 2 aromatic rings. The third kappa shape index (κ3) is 4.41. The van der Waals surface area contributed by atoms with Crippen molar-refractivity contribution in [3.8, 4) is 11.3 Å². The molecule has 0 saturated heterocycles. The van der Waals surface area contributed by atoms with Crippen LogP contribution in [0, 0.1) is 11.2 Å². The Morgan fingerprint density at radius 1 is 1.26 bits per heavy atom. The van der Waals surface area contributed by atoms with Gasteiger partial charge in [-0.3, -0.25) is 19.1 Å². The average molecular weight is 450 g/mol. The smallest absolute Gasteiger partial charge is 0.252 e. The molecule has 0 spiro atoms. The molecule has 0 unspecified atom stereocenters. The Hall–Kier alpha value is -2.94. The van der Waals surface area contributed by atoms with Gasteiger partial charge in [-0.1, -0.05) is 25.4 Å². The fraction of sp³-hybridized carbons (Fsp3) is 0.429. The quantitative estimate of drug-likeness (QED) is 0.756. The van der Waals surface area contributed by atoms with E-state index in [1.807, 2.05) is 0 Å². The first-order valence-electron chi connectivity index (χ1n) is 9.77.